The molecule has 2 unspecified atom stereocenters. The third kappa shape index (κ3) is 9.93. The van der Waals surface area contributed by atoms with Crippen LogP contribution in [0.3, 0.4) is 0 Å². The summed E-state index contributed by atoms with van der Waals surface area (Å²) in [5, 5.41) is 0. The molecule has 222 valence electrons. The summed E-state index contributed by atoms with van der Waals surface area (Å²) in [7, 11) is 0. The molecule has 0 N–H and O–H groups in total. The van der Waals surface area contributed by atoms with E-state index < -0.39 is 17.8 Å². The second kappa shape index (κ2) is 16.6. The molecule has 1 saturated carbocycles. The van der Waals surface area contributed by atoms with Gasteiger partial charge >= 0.3 is 0 Å². The molecule has 0 saturated heterocycles. The van der Waals surface area contributed by atoms with Gasteiger partial charge in [-0.3, -0.25) is 0 Å². The smallest absolute Gasteiger partial charge is 0.166 e. The molecule has 0 bridgehead atoms. The van der Waals surface area contributed by atoms with Gasteiger partial charge < -0.3 is 4.74 Å². The summed E-state index contributed by atoms with van der Waals surface area (Å²) in [5.41, 5.74) is 3.55. The van der Waals surface area contributed by atoms with Crippen molar-refractivity contribution in [3.8, 4) is 11.1 Å². The lowest BCUT2D eigenvalue weighted by Crippen LogP contribution is -2.27. The van der Waals surface area contributed by atoms with Crippen LogP contribution in [-0.2, 0) is 24.0 Å². The maximum Gasteiger partial charge on any atom is 0.166 e. The Morgan fingerprint density at radius 2 is 1.52 bits per heavy atom. The summed E-state index contributed by atoms with van der Waals surface area (Å²) in [4.78, 5) is 0. The number of halogens is 3. The molecular formula is C36H51F3O. The van der Waals surface area contributed by atoms with E-state index in [0.717, 1.165) is 49.1 Å². The molecule has 0 heterocycles. The third-order valence-electron chi connectivity index (χ3n) is 8.99. The van der Waals surface area contributed by atoms with Crippen molar-refractivity contribution >= 4 is 0 Å². The van der Waals surface area contributed by atoms with Gasteiger partial charge in [0.05, 0.1) is 12.7 Å². The van der Waals surface area contributed by atoms with Gasteiger partial charge in [-0.2, -0.15) is 0 Å². The van der Waals surface area contributed by atoms with Crippen molar-refractivity contribution < 1.29 is 17.9 Å². The minimum atomic E-state index is -0.989. The highest BCUT2D eigenvalue weighted by molar-refractivity contribution is 5.66. The number of ether oxygens (including phenoxy) is 1. The molecule has 4 heteroatoms. The van der Waals surface area contributed by atoms with Crippen LogP contribution < -0.4 is 0 Å². The largest absolute Gasteiger partial charge is 0.375 e. The van der Waals surface area contributed by atoms with Crippen molar-refractivity contribution in [3.05, 3.63) is 58.7 Å². The first-order chi connectivity index (χ1) is 19.5. The van der Waals surface area contributed by atoms with E-state index in [9.17, 15) is 4.39 Å². The number of rotatable bonds is 19. The second-order valence-corrected chi connectivity index (χ2v) is 12.5. The number of aryl methyl sites for hydroxylation is 2. The SMILES string of the molecule is CCCCCCC(F)COC1CCc2cc(-c3ccc(CCCCCCCCCC4CC4)cc3)c(F)c(F)c2C1. The maximum absolute atomic E-state index is 15.2. The van der Waals surface area contributed by atoms with E-state index in [0.29, 0.717) is 36.8 Å². The Morgan fingerprint density at radius 3 is 2.25 bits per heavy atom. The lowest BCUT2D eigenvalue weighted by Gasteiger charge is -2.27. The summed E-state index contributed by atoms with van der Waals surface area (Å²) < 4.78 is 50.4. The maximum atomic E-state index is 15.2. The van der Waals surface area contributed by atoms with Gasteiger partial charge in [0, 0.05) is 12.0 Å². The summed E-state index contributed by atoms with van der Waals surface area (Å²) in [6, 6.07) is 9.79. The molecular weight excluding hydrogens is 505 g/mol. The number of fused-ring (bicyclic) bond motifs is 1. The zero-order chi connectivity index (χ0) is 28.2. The van der Waals surface area contributed by atoms with Gasteiger partial charge in [-0.15, -0.1) is 0 Å². The van der Waals surface area contributed by atoms with Crippen molar-refractivity contribution in [3.63, 3.8) is 0 Å². The van der Waals surface area contributed by atoms with Crippen LogP contribution >= 0.6 is 0 Å². The lowest BCUT2D eigenvalue weighted by molar-refractivity contribution is 0.00865. The van der Waals surface area contributed by atoms with Crippen LogP contribution in [-0.4, -0.2) is 18.9 Å². The van der Waals surface area contributed by atoms with Gasteiger partial charge in [-0.05, 0) is 66.3 Å². The summed E-state index contributed by atoms with van der Waals surface area (Å²) in [5.74, 6) is -0.494. The number of hydrogen-bond acceptors (Lipinski definition) is 1. The van der Waals surface area contributed by atoms with Crippen molar-refractivity contribution in [1.29, 1.82) is 0 Å². The normalized spacial score (nSPS) is 17.6. The monoisotopic (exact) mass is 556 g/mol. The Morgan fingerprint density at radius 1 is 0.825 bits per heavy atom. The third-order valence-corrected chi connectivity index (χ3v) is 8.99. The summed E-state index contributed by atoms with van der Waals surface area (Å²) in [6.45, 7) is 2.18. The predicted molar refractivity (Wildman–Crippen MR) is 161 cm³/mol. The molecule has 40 heavy (non-hydrogen) atoms. The average molecular weight is 557 g/mol. The van der Waals surface area contributed by atoms with Gasteiger partial charge in [-0.25, -0.2) is 13.2 Å². The number of benzene rings is 2. The molecule has 0 aliphatic heterocycles. The number of unbranched alkanes of at least 4 members (excludes halogenated alkanes) is 9. The van der Waals surface area contributed by atoms with Gasteiger partial charge in [0.1, 0.15) is 6.17 Å². The van der Waals surface area contributed by atoms with Crippen LogP contribution in [0.4, 0.5) is 13.2 Å². The molecule has 1 nitrogen and oxygen atoms in total. The van der Waals surface area contributed by atoms with Crippen molar-refractivity contribution in [1.82, 2.24) is 0 Å². The molecule has 2 aromatic rings. The number of alkyl halides is 1. The quantitative estimate of drug-likeness (QED) is 0.156. The molecule has 0 radical (unpaired) electrons. The first-order valence-electron chi connectivity index (χ1n) is 16.4. The van der Waals surface area contributed by atoms with E-state index in [1.165, 1.54) is 69.8 Å². The van der Waals surface area contributed by atoms with Gasteiger partial charge in [0.25, 0.3) is 0 Å². The van der Waals surface area contributed by atoms with E-state index in [1.807, 2.05) is 18.2 Å². The zero-order valence-electron chi connectivity index (χ0n) is 24.8. The second-order valence-electron chi connectivity index (χ2n) is 12.5. The molecule has 1 fully saturated rings. The first-order valence-corrected chi connectivity index (χ1v) is 16.4. The minimum Gasteiger partial charge on any atom is -0.375 e. The summed E-state index contributed by atoms with van der Waals surface area (Å²) >= 11 is 0. The number of hydrogen-bond donors (Lipinski definition) is 0. The molecule has 0 spiro atoms. The van der Waals surface area contributed by atoms with Crippen LogP contribution in [0.1, 0.15) is 126 Å². The average Bonchev–Trinajstić information content (AvgIpc) is 3.80. The Bertz CT molecular complexity index is 1010. The predicted octanol–water partition coefficient (Wildman–Crippen LogP) is 10.9. The first kappa shape index (κ1) is 31.1. The van der Waals surface area contributed by atoms with Gasteiger partial charge in [0.2, 0.25) is 0 Å². The van der Waals surface area contributed by atoms with Crippen LogP contribution in [0.25, 0.3) is 11.1 Å². The van der Waals surface area contributed by atoms with E-state index in [4.69, 9.17) is 4.74 Å². The minimum absolute atomic E-state index is 0.0427. The van der Waals surface area contributed by atoms with E-state index in [-0.39, 0.29) is 12.7 Å². The Kier molecular flexibility index (Phi) is 12.9. The standard InChI is InChI=1S/C36H51F3O/c1-2-3-4-12-15-31(37)26-40-32-23-22-30-24-33(35(38)36(39)34(30)25-32)29-20-18-28(19-21-29)14-11-9-7-5-6-8-10-13-27-16-17-27/h18-21,24,27,31-32H,2-17,22-23,25-26H2,1H3. The molecule has 2 atom stereocenters. The van der Waals surface area contributed by atoms with E-state index in [1.54, 1.807) is 0 Å². The zero-order valence-corrected chi connectivity index (χ0v) is 24.8. The molecule has 2 aliphatic carbocycles. The Hall–Kier alpha value is -1.81. The van der Waals surface area contributed by atoms with Gasteiger partial charge in [-0.1, -0.05) is 115 Å². The highest BCUT2D eigenvalue weighted by atomic mass is 19.2. The lowest BCUT2D eigenvalue weighted by atomic mass is 9.86. The van der Waals surface area contributed by atoms with Crippen LogP contribution in [0.5, 0.6) is 0 Å². The fraction of sp³-hybridized carbons (Fsp3) is 0.667. The van der Waals surface area contributed by atoms with Crippen LogP contribution in [0, 0.1) is 17.6 Å². The van der Waals surface area contributed by atoms with Crippen LogP contribution in [0.2, 0.25) is 0 Å². The molecule has 4 rings (SSSR count). The van der Waals surface area contributed by atoms with Crippen molar-refractivity contribution in [2.75, 3.05) is 6.61 Å². The van der Waals surface area contributed by atoms with Gasteiger partial charge in [0.15, 0.2) is 11.6 Å². The van der Waals surface area contributed by atoms with Crippen molar-refractivity contribution in [2.24, 2.45) is 5.92 Å². The van der Waals surface area contributed by atoms with Crippen molar-refractivity contribution in [2.45, 2.75) is 141 Å². The topological polar surface area (TPSA) is 9.23 Å². The molecule has 0 amide bonds. The Balaban J connectivity index is 1.20. The van der Waals surface area contributed by atoms with E-state index >= 15 is 8.78 Å². The fourth-order valence-corrected chi connectivity index (χ4v) is 6.18. The highest BCUT2D eigenvalue weighted by Gasteiger charge is 2.27. The fourth-order valence-electron chi connectivity index (χ4n) is 6.18. The Labute approximate surface area is 241 Å². The summed E-state index contributed by atoms with van der Waals surface area (Å²) in [6.07, 6.45) is 19.8. The highest BCUT2D eigenvalue weighted by Crippen LogP contribution is 2.35. The molecule has 2 aliphatic rings. The molecule has 2 aromatic carbocycles. The van der Waals surface area contributed by atoms with E-state index in [2.05, 4.69) is 19.1 Å². The van der Waals surface area contributed by atoms with Crippen LogP contribution in [0.15, 0.2) is 30.3 Å². The molecule has 0 aromatic heterocycles.